The van der Waals surface area contributed by atoms with Crippen LogP contribution in [0.15, 0.2) is 29.2 Å². The molecule has 2 aliphatic rings. The van der Waals surface area contributed by atoms with Gasteiger partial charge in [-0.1, -0.05) is 17.7 Å². The van der Waals surface area contributed by atoms with Gasteiger partial charge in [0.1, 0.15) is 17.0 Å². The van der Waals surface area contributed by atoms with Crippen molar-refractivity contribution in [3.8, 4) is 0 Å². The smallest absolute Gasteiger partial charge is 0.377 e. The first-order valence-electron chi connectivity index (χ1n) is 9.64. The molecule has 0 aromatic carbocycles. The average molecular weight is 444 g/mol. The maximum Gasteiger partial charge on any atom is 0.409 e. The van der Waals surface area contributed by atoms with Crippen LogP contribution in [0.25, 0.3) is 0 Å². The van der Waals surface area contributed by atoms with E-state index in [1.807, 2.05) is 11.8 Å². The van der Waals surface area contributed by atoms with Crippen molar-refractivity contribution in [2.24, 2.45) is 0 Å². The minimum absolute atomic E-state index is 0.0136. The van der Waals surface area contributed by atoms with Gasteiger partial charge in [-0.2, -0.15) is 18.2 Å². The zero-order valence-electron chi connectivity index (χ0n) is 16.3. The molecule has 2 atom stereocenters. The van der Waals surface area contributed by atoms with Gasteiger partial charge in [0.25, 0.3) is 5.56 Å². The lowest BCUT2D eigenvalue weighted by molar-refractivity contribution is -0.171. The van der Waals surface area contributed by atoms with Crippen LogP contribution in [0.4, 0.5) is 24.9 Å². The van der Waals surface area contributed by atoms with Gasteiger partial charge < -0.3 is 14.5 Å². The molecule has 162 valence electrons. The molecule has 0 N–H and O–H groups in total. The summed E-state index contributed by atoms with van der Waals surface area (Å²) >= 11 is 5.82. The highest BCUT2D eigenvalue weighted by molar-refractivity contribution is 6.29. The number of aromatic nitrogens is 3. The fourth-order valence-corrected chi connectivity index (χ4v) is 4.00. The summed E-state index contributed by atoms with van der Waals surface area (Å²) in [6.45, 7) is 3.75. The Kier molecular flexibility index (Phi) is 5.63. The number of hydrogen-bond donors (Lipinski definition) is 0. The van der Waals surface area contributed by atoms with E-state index in [-0.39, 0.29) is 31.5 Å². The van der Waals surface area contributed by atoms with E-state index in [1.54, 1.807) is 23.2 Å². The molecule has 1 unspecified atom stereocenters. The first-order valence-corrected chi connectivity index (χ1v) is 10.0. The summed E-state index contributed by atoms with van der Waals surface area (Å²) in [7, 11) is 0. The molecular weight excluding hydrogens is 423 g/mol. The number of nitrogens with zero attached hydrogens (tertiary/aromatic N) is 5. The van der Waals surface area contributed by atoms with Gasteiger partial charge in [-0.25, -0.2) is 4.98 Å². The maximum absolute atomic E-state index is 13.7. The average Bonchev–Trinajstić information content (AvgIpc) is 2.69. The summed E-state index contributed by atoms with van der Waals surface area (Å²) in [5.74, 6) is 0.379. The van der Waals surface area contributed by atoms with E-state index in [2.05, 4.69) is 9.97 Å². The monoisotopic (exact) mass is 443 g/mol. The molecule has 0 aliphatic carbocycles. The molecule has 0 radical (unpaired) electrons. The topological polar surface area (TPSA) is 63.5 Å². The Hall–Kier alpha value is -2.33. The Morgan fingerprint density at radius 3 is 2.77 bits per heavy atom. The predicted molar refractivity (Wildman–Crippen MR) is 106 cm³/mol. The molecule has 0 saturated carbocycles. The number of halogens is 4. The van der Waals surface area contributed by atoms with E-state index in [0.717, 1.165) is 10.1 Å². The van der Waals surface area contributed by atoms with Crippen molar-refractivity contribution in [3.63, 3.8) is 0 Å². The zero-order chi connectivity index (χ0) is 21.5. The molecule has 2 aliphatic heterocycles. The Balaban J connectivity index is 1.77. The standard InChI is InChI=1S/C19H21ClF3N5O2/c1-12-11-30-7-6-27(12)16-8-17(29)28-14(19(21,22)23)4-5-26(18(28)25-16)10-13-2-3-15(20)24-9-13/h2-3,8-9,12,14H,4-7,10-11H2,1H3/t12-,14?/m1/s1. The van der Waals surface area contributed by atoms with Crippen molar-refractivity contribution >= 4 is 23.4 Å². The van der Waals surface area contributed by atoms with Crippen LogP contribution in [0.3, 0.4) is 0 Å². The van der Waals surface area contributed by atoms with E-state index < -0.39 is 17.8 Å². The van der Waals surface area contributed by atoms with Gasteiger partial charge in [-0.15, -0.1) is 0 Å². The third-order valence-electron chi connectivity index (χ3n) is 5.39. The third kappa shape index (κ3) is 4.11. The van der Waals surface area contributed by atoms with Crippen LogP contribution in [0.2, 0.25) is 5.15 Å². The van der Waals surface area contributed by atoms with Crippen LogP contribution >= 0.6 is 11.6 Å². The van der Waals surface area contributed by atoms with Gasteiger partial charge in [-0.05, 0) is 25.0 Å². The van der Waals surface area contributed by atoms with Crippen molar-refractivity contribution in [2.75, 3.05) is 36.1 Å². The zero-order valence-corrected chi connectivity index (χ0v) is 17.0. The SMILES string of the molecule is C[C@@H]1COCCN1c1cc(=O)n2c(n1)N(Cc1ccc(Cl)nc1)CCC2C(F)(F)F. The van der Waals surface area contributed by atoms with E-state index in [1.165, 1.54) is 6.07 Å². The number of hydrogen-bond acceptors (Lipinski definition) is 6. The number of alkyl halides is 3. The molecule has 30 heavy (non-hydrogen) atoms. The van der Waals surface area contributed by atoms with Crippen molar-refractivity contribution in [1.82, 2.24) is 14.5 Å². The summed E-state index contributed by atoms with van der Waals surface area (Å²) in [6, 6.07) is 2.62. The summed E-state index contributed by atoms with van der Waals surface area (Å²) in [6.07, 6.45) is -3.21. The van der Waals surface area contributed by atoms with Gasteiger partial charge >= 0.3 is 6.18 Å². The van der Waals surface area contributed by atoms with Crippen molar-refractivity contribution in [2.45, 2.75) is 38.1 Å². The molecule has 11 heteroatoms. The first-order chi connectivity index (χ1) is 14.2. The molecule has 0 amide bonds. The third-order valence-corrected chi connectivity index (χ3v) is 5.61. The maximum atomic E-state index is 13.7. The van der Waals surface area contributed by atoms with Crippen LogP contribution in [-0.2, 0) is 11.3 Å². The van der Waals surface area contributed by atoms with E-state index in [9.17, 15) is 18.0 Å². The molecule has 2 aromatic rings. The summed E-state index contributed by atoms with van der Waals surface area (Å²) in [5, 5.41) is 0.327. The molecule has 2 aromatic heterocycles. The number of pyridine rings is 1. The summed E-state index contributed by atoms with van der Waals surface area (Å²) in [4.78, 5) is 25.0. The number of fused-ring (bicyclic) bond motifs is 1. The highest BCUT2D eigenvalue weighted by atomic mass is 35.5. The second kappa shape index (κ2) is 8.07. The predicted octanol–water partition coefficient (Wildman–Crippen LogP) is 3.03. The molecule has 0 bridgehead atoms. The van der Waals surface area contributed by atoms with Crippen molar-refractivity contribution < 1.29 is 17.9 Å². The lowest BCUT2D eigenvalue weighted by Gasteiger charge is -2.39. The Morgan fingerprint density at radius 2 is 2.10 bits per heavy atom. The Morgan fingerprint density at radius 1 is 1.30 bits per heavy atom. The van der Waals surface area contributed by atoms with Gasteiger partial charge in [0.05, 0.1) is 19.3 Å². The largest absolute Gasteiger partial charge is 0.409 e. The molecule has 7 nitrogen and oxygen atoms in total. The highest BCUT2D eigenvalue weighted by Crippen LogP contribution is 2.38. The van der Waals surface area contributed by atoms with Crippen LogP contribution in [-0.4, -0.2) is 53.1 Å². The molecular formula is C19H21ClF3N5O2. The van der Waals surface area contributed by atoms with Crippen molar-refractivity contribution in [3.05, 3.63) is 45.5 Å². The van der Waals surface area contributed by atoms with Gasteiger partial charge in [0.15, 0.2) is 0 Å². The molecule has 1 saturated heterocycles. The van der Waals surface area contributed by atoms with E-state index in [0.29, 0.717) is 30.7 Å². The van der Waals surface area contributed by atoms with Gasteiger partial charge in [0.2, 0.25) is 5.95 Å². The highest BCUT2D eigenvalue weighted by Gasteiger charge is 2.45. The van der Waals surface area contributed by atoms with Gasteiger partial charge in [0, 0.05) is 31.9 Å². The van der Waals surface area contributed by atoms with Crippen LogP contribution in [0.1, 0.15) is 24.9 Å². The first kappa shape index (κ1) is 20.9. The van der Waals surface area contributed by atoms with E-state index >= 15 is 0 Å². The molecule has 4 heterocycles. The van der Waals surface area contributed by atoms with Gasteiger partial charge in [-0.3, -0.25) is 9.36 Å². The second-order valence-corrected chi connectivity index (χ2v) is 7.88. The fraction of sp³-hybridized carbons (Fsp3) is 0.526. The van der Waals surface area contributed by atoms with Crippen LogP contribution in [0, 0.1) is 0 Å². The number of anilines is 2. The summed E-state index contributed by atoms with van der Waals surface area (Å²) in [5.41, 5.74) is 0.0470. The normalized spacial score (nSPS) is 22.2. The lowest BCUT2D eigenvalue weighted by atomic mass is 10.1. The number of morpholine rings is 1. The van der Waals surface area contributed by atoms with Crippen LogP contribution < -0.4 is 15.4 Å². The fourth-order valence-electron chi connectivity index (χ4n) is 3.89. The minimum Gasteiger partial charge on any atom is -0.377 e. The Bertz CT molecular complexity index is 966. The minimum atomic E-state index is -4.54. The van der Waals surface area contributed by atoms with E-state index in [4.69, 9.17) is 16.3 Å². The lowest BCUT2D eigenvalue weighted by Crippen LogP contribution is -2.48. The molecule has 1 fully saturated rings. The molecule has 0 spiro atoms. The second-order valence-electron chi connectivity index (χ2n) is 7.50. The van der Waals surface area contributed by atoms with Crippen LogP contribution in [0.5, 0.6) is 0 Å². The van der Waals surface area contributed by atoms with Crippen molar-refractivity contribution in [1.29, 1.82) is 0 Å². The summed E-state index contributed by atoms with van der Waals surface area (Å²) < 4.78 is 47.2. The molecule has 4 rings (SSSR count). The Labute approximate surface area is 176 Å². The number of rotatable bonds is 3. The quantitative estimate of drug-likeness (QED) is 0.679. The number of ether oxygens (including phenoxy) is 1.